The van der Waals surface area contributed by atoms with Gasteiger partial charge < -0.3 is 28.8 Å². The average Bonchev–Trinajstić information content (AvgIpc) is 3.23. The SMILES string of the molecule is CCCC/C=C\CCCCCCCC(=O)NC(COP(=O)([O-])OCC[N+](C)(C)C)C(O)/C=C/CCCCCCCCCCCCCCCCCCCCCCCCCCCCC. The molecule has 8 nitrogen and oxygen atoms in total. The molecule has 0 aromatic heterocycles. The summed E-state index contributed by atoms with van der Waals surface area (Å²) in [6.45, 7) is 4.62. The molecule has 0 spiro atoms. The van der Waals surface area contributed by atoms with Gasteiger partial charge >= 0.3 is 0 Å². The van der Waals surface area contributed by atoms with E-state index in [4.69, 9.17) is 9.05 Å². The van der Waals surface area contributed by atoms with Crippen LogP contribution in [0, 0.1) is 0 Å². The average molecular weight is 897 g/mol. The van der Waals surface area contributed by atoms with Crippen molar-refractivity contribution in [1.82, 2.24) is 5.32 Å². The molecule has 1 amide bonds. The number of likely N-dealkylation sites (N-methyl/N-ethyl adjacent to an activating group) is 1. The lowest BCUT2D eigenvalue weighted by atomic mass is 10.0. The standard InChI is InChI=1S/C53H105N2O6P/c1-6-8-10-12-14-16-18-19-20-21-22-23-24-25-26-27-28-29-30-31-32-33-34-35-37-38-40-42-44-46-52(56)51(50-61-62(58,59)60-49-48-55(3,4)5)54-53(57)47-45-43-41-39-36-17-15-13-11-9-7-2/h13,15,44,46,51-52,56H,6-12,14,16-43,45,47-50H2,1-5H3,(H-,54,57,58,59)/b15-13-,46-44+. The maximum absolute atomic E-state index is 12.8. The van der Waals surface area contributed by atoms with E-state index in [1.54, 1.807) is 6.08 Å². The third kappa shape index (κ3) is 47.0. The van der Waals surface area contributed by atoms with Gasteiger partial charge in [-0.25, -0.2) is 0 Å². The number of phosphoric acid groups is 1. The summed E-state index contributed by atoms with van der Waals surface area (Å²) in [6, 6.07) is -0.888. The minimum atomic E-state index is -4.59. The molecule has 62 heavy (non-hydrogen) atoms. The number of aliphatic hydroxyl groups excluding tert-OH is 1. The zero-order valence-electron chi connectivity index (χ0n) is 41.8. The van der Waals surface area contributed by atoms with Gasteiger partial charge in [0.15, 0.2) is 0 Å². The Labute approximate surface area is 385 Å². The normalized spacial score (nSPS) is 14.2. The lowest BCUT2D eigenvalue weighted by molar-refractivity contribution is -0.870. The van der Waals surface area contributed by atoms with E-state index in [0.29, 0.717) is 17.4 Å². The summed E-state index contributed by atoms with van der Waals surface area (Å²) in [5.74, 6) is -0.206. The number of hydrogen-bond acceptors (Lipinski definition) is 6. The number of carbonyl (C=O) groups is 1. The molecule has 9 heteroatoms. The molecular formula is C53H105N2O6P. The van der Waals surface area contributed by atoms with Gasteiger partial charge in [-0.05, 0) is 38.5 Å². The van der Waals surface area contributed by atoms with Gasteiger partial charge in [0, 0.05) is 6.42 Å². The molecule has 0 heterocycles. The lowest BCUT2D eigenvalue weighted by Gasteiger charge is -2.29. The van der Waals surface area contributed by atoms with Crippen LogP contribution < -0.4 is 10.2 Å². The van der Waals surface area contributed by atoms with Gasteiger partial charge in [0.2, 0.25) is 5.91 Å². The van der Waals surface area contributed by atoms with E-state index in [2.05, 4.69) is 31.3 Å². The first-order valence-electron chi connectivity index (χ1n) is 26.7. The summed E-state index contributed by atoms with van der Waals surface area (Å²) in [7, 11) is 1.26. The Hall–Kier alpha value is -1.02. The molecule has 0 radical (unpaired) electrons. The molecule has 3 atom stereocenters. The topological polar surface area (TPSA) is 108 Å². The molecule has 0 bridgehead atoms. The molecule has 0 aromatic carbocycles. The Morgan fingerprint density at radius 3 is 1.31 bits per heavy atom. The summed E-state index contributed by atoms with van der Waals surface area (Å²) in [5.41, 5.74) is 0. The van der Waals surface area contributed by atoms with Crippen LogP contribution in [0.4, 0.5) is 0 Å². The van der Waals surface area contributed by atoms with Crippen molar-refractivity contribution in [3.05, 3.63) is 24.3 Å². The number of unbranched alkanes of at least 4 members (excludes halogenated alkanes) is 34. The third-order valence-corrected chi connectivity index (χ3v) is 13.1. The smallest absolute Gasteiger partial charge is 0.268 e. The summed E-state index contributed by atoms with van der Waals surface area (Å²) in [5, 5.41) is 13.8. The van der Waals surface area contributed by atoms with Crippen molar-refractivity contribution in [2.45, 2.75) is 270 Å². The molecule has 0 aliphatic heterocycles. The van der Waals surface area contributed by atoms with Crippen LogP contribution in [0.1, 0.15) is 258 Å². The highest BCUT2D eigenvalue weighted by Crippen LogP contribution is 2.38. The zero-order valence-corrected chi connectivity index (χ0v) is 42.7. The number of phosphoric ester groups is 1. The second-order valence-electron chi connectivity index (χ2n) is 19.6. The van der Waals surface area contributed by atoms with Crippen molar-refractivity contribution in [3.63, 3.8) is 0 Å². The first-order chi connectivity index (χ1) is 30.0. The quantitative estimate of drug-likeness (QED) is 0.0273. The van der Waals surface area contributed by atoms with E-state index >= 15 is 0 Å². The molecule has 0 saturated carbocycles. The Morgan fingerprint density at radius 2 is 0.903 bits per heavy atom. The molecule has 0 saturated heterocycles. The number of allylic oxidation sites excluding steroid dienone is 3. The number of hydrogen-bond donors (Lipinski definition) is 2. The maximum Gasteiger partial charge on any atom is 0.268 e. The minimum Gasteiger partial charge on any atom is -0.756 e. The van der Waals surface area contributed by atoms with Crippen molar-refractivity contribution >= 4 is 13.7 Å². The van der Waals surface area contributed by atoms with Gasteiger partial charge in [-0.15, -0.1) is 0 Å². The molecule has 0 rings (SSSR count). The highest BCUT2D eigenvalue weighted by atomic mass is 31.2. The first kappa shape index (κ1) is 61.0. The second kappa shape index (κ2) is 45.1. The number of rotatable bonds is 49. The second-order valence-corrected chi connectivity index (χ2v) is 21.0. The number of quaternary nitrogens is 1. The molecule has 2 N–H and O–H groups in total. The van der Waals surface area contributed by atoms with Crippen LogP contribution in [0.25, 0.3) is 0 Å². The molecule has 3 unspecified atom stereocenters. The van der Waals surface area contributed by atoms with E-state index in [9.17, 15) is 19.4 Å². The van der Waals surface area contributed by atoms with Crippen molar-refractivity contribution in [2.75, 3.05) is 40.9 Å². The third-order valence-electron chi connectivity index (χ3n) is 12.2. The largest absolute Gasteiger partial charge is 0.756 e. The maximum atomic E-state index is 12.8. The number of nitrogens with one attached hydrogen (secondary N) is 1. The highest BCUT2D eigenvalue weighted by molar-refractivity contribution is 7.45. The van der Waals surface area contributed by atoms with Gasteiger partial charge in [-0.2, -0.15) is 0 Å². The Morgan fingerprint density at radius 1 is 0.548 bits per heavy atom. The Bertz CT molecular complexity index is 1060. The number of amides is 1. The van der Waals surface area contributed by atoms with Crippen LogP contribution in [-0.2, 0) is 18.4 Å². The highest BCUT2D eigenvalue weighted by Gasteiger charge is 2.23. The van der Waals surface area contributed by atoms with Crippen LogP contribution in [0.15, 0.2) is 24.3 Å². The van der Waals surface area contributed by atoms with Crippen LogP contribution in [0.5, 0.6) is 0 Å². The predicted octanol–water partition coefficient (Wildman–Crippen LogP) is 15.0. The summed E-state index contributed by atoms with van der Waals surface area (Å²) >= 11 is 0. The van der Waals surface area contributed by atoms with Crippen molar-refractivity contribution in [2.24, 2.45) is 0 Å². The van der Waals surface area contributed by atoms with Crippen LogP contribution in [0.3, 0.4) is 0 Å². The van der Waals surface area contributed by atoms with Crippen LogP contribution in [-0.4, -0.2) is 68.5 Å². The van der Waals surface area contributed by atoms with E-state index < -0.39 is 20.0 Å². The monoisotopic (exact) mass is 897 g/mol. The molecule has 0 aliphatic carbocycles. The van der Waals surface area contributed by atoms with Crippen LogP contribution >= 0.6 is 7.82 Å². The van der Waals surface area contributed by atoms with Gasteiger partial charge in [-0.3, -0.25) is 9.36 Å². The fourth-order valence-corrected chi connectivity index (χ4v) is 8.62. The van der Waals surface area contributed by atoms with E-state index in [-0.39, 0.29) is 19.1 Å². The number of carbonyl (C=O) groups excluding carboxylic acids is 1. The molecule has 0 aliphatic rings. The van der Waals surface area contributed by atoms with E-state index in [0.717, 1.165) is 57.8 Å². The summed E-state index contributed by atoms with van der Waals surface area (Å²) < 4.78 is 23.2. The van der Waals surface area contributed by atoms with Crippen molar-refractivity contribution in [3.8, 4) is 0 Å². The Kier molecular flexibility index (Phi) is 44.4. The van der Waals surface area contributed by atoms with Crippen molar-refractivity contribution in [1.29, 1.82) is 0 Å². The first-order valence-corrected chi connectivity index (χ1v) is 28.2. The van der Waals surface area contributed by atoms with E-state index in [1.165, 1.54) is 180 Å². The summed E-state index contributed by atoms with van der Waals surface area (Å²) in [6.07, 6.45) is 55.5. The van der Waals surface area contributed by atoms with Gasteiger partial charge in [0.05, 0.1) is 39.9 Å². The molecule has 0 aromatic rings. The predicted molar refractivity (Wildman–Crippen MR) is 265 cm³/mol. The lowest BCUT2D eigenvalue weighted by Crippen LogP contribution is -2.45. The molecule has 0 fully saturated rings. The fourth-order valence-electron chi connectivity index (χ4n) is 7.90. The van der Waals surface area contributed by atoms with Gasteiger partial charge in [-0.1, -0.05) is 237 Å². The Balaban J connectivity index is 4.08. The van der Waals surface area contributed by atoms with Gasteiger partial charge in [0.1, 0.15) is 13.2 Å². The van der Waals surface area contributed by atoms with E-state index in [1.807, 2.05) is 27.2 Å². The molecular weight excluding hydrogens is 792 g/mol. The fraction of sp³-hybridized carbons (Fsp3) is 0.906. The van der Waals surface area contributed by atoms with Crippen LogP contribution in [0.2, 0.25) is 0 Å². The zero-order chi connectivity index (χ0) is 45.7. The minimum absolute atomic E-state index is 0.00143. The van der Waals surface area contributed by atoms with Crippen molar-refractivity contribution < 1.29 is 32.9 Å². The number of nitrogens with zero attached hydrogens (tertiary/aromatic N) is 1. The molecule has 368 valence electrons. The van der Waals surface area contributed by atoms with Gasteiger partial charge in [0.25, 0.3) is 7.82 Å². The summed E-state index contributed by atoms with van der Waals surface area (Å²) in [4.78, 5) is 25.3. The number of aliphatic hydroxyl groups is 1.